The van der Waals surface area contributed by atoms with Crippen molar-refractivity contribution >= 4 is 17.5 Å². The molecule has 2 heterocycles. The molecule has 5 aliphatic rings. The normalized spacial score (nSPS) is 27.3. The van der Waals surface area contributed by atoms with Gasteiger partial charge in [0.2, 0.25) is 5.91 Å². The molecule has 2 saturated heterocycles. The van der Waals surface area contributed by atoms with Crippen LogP contribution in [0.3, 0.4) is 0 Å². The summed E-state index contributed by atoms with van der Waals surface area (Å²) in [6.07, 6.45) is 1.21. The number of amides is 2. The average molecular weight is 858 g/mol. The molecule has 3 N–H and O–H groups in total. The summed E-state index contributed by atoms with van der Waals surface area (Å²) in [5, 5.41) is 26.5. The van der Waals surface area contributed by atoms with E-state index in [9.17, 15) is 19.8 Å². The molecule has 2 aliphatic heterocycles. The largest absolute Gasteiger partial charge is 0.496 e. The van der Waals surface area contributed by atoms with E-state index in [2.05, 4.69) is 90.5 Å². The topological polar surface area (TPSA) is 118 Å². The summed E-state index contributed by atoms with van der Waals surface area (Å²) in [4.78, 5) is 42.2. The third-order valence-corrected chi connectivity index (χ3v) is 15.1. The lowest BCUT2D eigenvalue weighted by atomic mass is 9.45. The Hall–Kier alpha value is -4.78. The Kier molecular flexibility index (Phi) is 13.3. The summed E-state index contributed by atoms with van der Waals surface area (Å²) in [6.45, 7) is 11.4. The Labute approximate surface area is 373 Å². The lowest BCUT2D eigenvalue weighted by Crippen LogP contribution is -2.62. The van der Waals surface area contributed by atoms with Gasteiger partial charge in [-0.3, -0.25) is 19.3 Å². The number of carbonyl (C=O) groups is 2. The smallest absolute Gasteiger partial charge is 0.254 e. The first-order valence-electron chi connectivity index (χ1n) is 22.9. The third-order valence-electron chi connectivity index (χ3n) is 15.1. The number of hydrogen-bond acceptors (Lipinski definition) is 9. The van der Waals surface area contributed by atoms with Crippen molar-refractivity contribution in [3.8, 4) is 16.9 Å². The molecule has 5 fully saturated rings. The number of ether oxygens (including phenoxy) is 1. The van der Waals surface area contributed by atoms with E-state index >= 15 is 0 Å². The number of hydrogen-bond donors (Lipinski definition) is 3. The lowest BCUT2D eigenvalue weighted by molar-refractivity contribution is -0.183. The van der Waals surface area contributed by atoms with Gasteiger partial charge in [-0.1, -0.05) is 99.6 Å². The number of fused-ring (bicyclic) bond motifs is 2. The number of hydroxylamine groups is 2. The fraction of sp³-hybridized carbons (Fsp3) is 0.500. The molecule has 9 atom stereocenters. The fourth-order valence-corrected chi connectivity index (χ4v) is 11.4. The highest BCUT2D eigenvalue weighted by Gasteiger charge is 2.57. The van der Waals surface area contributed by atoms with Gasteiger partial charge in [-0.25, -0.2) is 0 Å². The minimum absolute atomic E-state index is 0.0120. The number of nitrogens with one attached hydrogen (secondary N) is 1. The van der Waals surface area contributed by atoms with Crippen LogP contribution in [-0.2, 0) is 29.1 Å². The maximum atomic E-state index is 14.9. The minimum Gasteiger partial charge on any atom is -0.496 e. The highest BCUT2D eigenvalue weighted by Crippen LogP contribution is 2.61. The van der Waals surface area contributed by atoms with Crippen molar-refractivity contribution in [3.63, 3.8) is 0 Å². The van der Waals surface area contributed by atoms with Crippen LogP contribution in [0.4, 0.5) is 5.69 Å². The molecule has 0 aromatic heterocycles. The van der Waals surface area contributed by atoms with Crippen LogP contribution in [0.2, 0.25) is 0 Å². The predicted molar refractivity (Wildman–Crippen MR) is 247 cm³/mol. The number of nitrogens with zero attached hydrogens (tertiary/aromatic N) is 4. The van der Waals surface area contributed by atoms with Crippen molar-refractivity contribution < 1.29 is 29.4 Å². The second-order valence-electron chi connectivity index (χ2n) is 19.5. The fourth-order valence-electron chi connectivity index (χ4n) is 11.4. The Morgan fingerprint density at radius 2 is 1.65 bits per heavy atom. The monoisotopic (exact) mass is 858 g/mol. The second kappa shape index (κ2) is 18.7. The summed E-state index contributed by atoms with van der Waals surface area (Å²) in [6, 6.07) is 32.0. The maximum absolute atomic E-state index is 14.9. The first-order valence-corrected chi connectivity index (χ1v) is 22.9. The van der Waals surface area contributed by atoms with E-state index in [0.29, 0.717) is 35.6 Å². The zero-order valence-corrected chi connectivity index (χ0v) is 38.1. The molecule has 63 heavy (non-hydrogen) atoms. The molecule has 0 unspecified atom stereocenters. The van der Waals surface area contributed by atoms with Gasteiger partial charge in [-0.2, -0.15) is 5.06 Å². The molecule has 2 amide bonds. The van der Waals surface area contributed by atoms with Crippen LogP contribution in [0.5, 0.6) is 5.75 Å². The van der Waals surface area contributed by atoms with Crippen LogP contribution in [-0.4, -0.2) is 115 Å². The molecule has 11 nitrogen and oxygen atoms in total. The first kappa shape index (κ1) is 44.8. The van der Waals surface area contributed by atoms with Crippen molar-refractivity contribution in [2.24, 2.45) is 29.1 Å². The van der Waals surface area contributed by atoms with E-state index in [-0.39, 0.29) is 42.5 Å². The molecule has 3 saturated carbocycles. The van der Waals surface area contributed by atoms with E-state index in [4.69, 9.17) is 9.57 Å². The van der Waals surface area contributed by atoms with Crippen LogP contribution in [0.1, 0.15) is 67.6 Å². The van der Waals surface area contributed by atoms with Gasteiger partial charge in [0.15, 0.2) is 0 Å². The van der Waals surface area contributed by atoms with Crippen molar-refractivity contribution in [1.82, 2.24) is 20.2 Å². The molecule has 11 heteroatoms. The number of carbonyl (C=O) groups excluding carboxylic acids is 2. The van der Waals surface area contributed by atoms with E-state index in [1.165, 1.54) is 17.5 Å². The number of aliphatic hydroxyl groups excluding tert-OH is 2. The summed E-state index contributed by atoms with van der Waals surface area (Å²) in [5.41, 5.74) is 6.60. The SMILES string of the molecule is COc1c(CN2O[C@@H](CO)[C@@H]([C@H](C)O)[C@H]2C(=O)N[C@H]2C[C@H]3C[C@@H]([C@@H]2C)C3(C)C)cccc1-c1cc(C(=O)N2CCN(Cc3ccccc3)C[C@@H]2Cc2ccccc2)cc(N(C)C)c1. The number of aliphatic hydroxyl groups is 2. The van der Waals surface area contributed by atoms with E-state index in [1.807, 2.05) is 61.5 Å². The van der Waals surface area contributed by atoms with Crippen molar-refractivity contribution in [1.29, 1.82) is 0 Å². The Bertz CT molecular complexity index is 2220. The Balaban J connectivity index is 1.07. The predicted octanol–water partition coefficient (Wildman–Crippen LogP) is 6.66. The molecule has 336 valence electrons. The van der Waals surface area contributed by atoms with Crippen molar-refractivity contribution in [2.75, 3.05) is 52.3 Å². The third kappa shape index (κ3) is 9.13. The number of benzene rings is 4. The van der Waals surface area contributed by atoms with Gasteiger partial charge in [-0.15, -0.1) is 0 Å². The first-order chi connectivity index (χ1) is 30.3. The van der Waals surface area contributed by atoms with Crippen LogP contribution in [0.15, 0.2) is 97.1 Å². The summed E-state index contributed by atoms with van der Waals surface area (Å²) < 4.78 is 6.20. The molecule has 2 bridgehead atoms. The van der Waals surface area contributed by atoms with Gasteiger partial charge >= 0.3 is 0 Å². The molecule has 4 aromatic rings. The van der Waals surface area contributed by atoms with E-state index in [1.54, 1.807) is 19.1 Å². The zero-order valence-electron chi connectivity index (χ0n) is 38.1. The molecular weight excluding hydrogens is 791 g/mol. The number of methoxy groups -OCH3 is 1. The van der Waals surface area contributed by atoms with Gasteiger partial charge in [0.25, 0.3) is 5.91 Å². The summed E-state index contributed by atoms with van der Waals surface area (Å²) in [7, 11) is 5.59. The second-order valence-corrected chi connectivity index (χ2v) is 19.5. The maximum Gasteiger partial charge on any atom is 0.254 e. The Morgan fingerprint density at radius 1 is 0.937 bits per heavy atom. The Morgan fingerprint density at radius 3 is 2.29 bits per heavy atom. The summed E-state index contributed by atoms with van der Waals surface area (Å²) >= 11 is 0. The minimum atomic E-state index is -0.906. The van der Waals surface area contributed by atoms with Gasteiger partial charge in [0, 0.05) is 80.7 Å². The molecule has 9 rings (SSSR count). The highest BCUT2D eigenvalue weighted by molar-refractivity contribution is 5.97. The molecule has 0 spiro atoms. The number of para-hydroxylation sites is 1. The molecule has 4 aromatic carbocycles. The number of piperazine rings is 1. The van der Waals surface area contributed by atoms with Crippen molar-refractivity contribution in [3.05, 3.63) is 119 Å². The lowest BCUT2D eigenvalue weighted by Gasteiger charge is -2.62. The van der Waals surface area contributed by atoms with Crippen LogP contribution < -0.4 is 15.0 Å². The number of anilines is 1. The number of rotatable bonds is 14. The van der Waals surface area contributed by atoms with Crippen LogP contribution in [0.25, 0.3) is 11.1 Å². The average Bonchev–Trinajstić information content (AvgIpc) is 3.66. The zero-order chi connectivity index (χ0) is 44.6. The van der Waals surface area contributed by atoms with E-state index in [0.717, 1.165) is 54.9 Å². The van der Waals surface area contributed by atoms with Gasteiger partial charge in [-0.05, 0) is 84.2 Å². The van der Waals surface area contributed by atoms with Crippen LogP contribution in [0, 0.1) is 29.1 Å². The van der Waals surface area contributed by atoms with Gasteiger partial charge < -0.3 is 30.1 Å². The van der Waals surface area contributed by atoms with E-state index < -0.39 is 24.2 Å². The standard InChI is InChI=1S/C52H67N5O6/c1-33-44-27-40(52(44,3)4)28-45(33)53-50(60)48-47(34(2)59)46(32-58)63-57(48)30-37-19-14-20-43(49(37)62-7)38-24-39(26-41(25-38)54(5)6)51(61)56-22-21-55(29-36-17-12-9-13-18-36)31-42(56)23-35-15-10-8-11-16-35/h8-20,24-26,33-34,40,42,44-48,58-59H,21-23,27-32H2,1-7H3,(H,53,60)/t33-,34-,40+,42-,44-,45-,46-,47+,48-/m0/s1. The van der Waals surface area contributed by atoms with Gasteiger partial charge in [0.05, 0.1) is 26.4 Å². The van der Waals surface area contributed by atoms with Gasteiger partial charge in [0.1, 0.15) is 17.9 Å². The molecule has 0 radical (unpaired) electrons. The highest BCUT2D eigenvalue weighted by atomic mass is 16.7. The van der Waals surface area contributed by atoms with Crippen molar-refractivity contribution in [2.45, 2.75) is 90.4 Å². The summed E-state index contributed by atoms with van der Waals surface area (Å²) in [5.74, 6) is 1.18. The molecule has 3 aliphatic carbocycles. The van der Waals surface area contributed by atoms with Crippen LogP contribution >= 0.6 is 0 Å². The molecular formula is C52H67N5O6. The quantitative estimate of drug-likeness (QED) is 0.128.